The van der Waals surface area contributed by atoms with Crippen molar-refractivity contribution < 1.29 is 9.53 Å². The Morgan fingerprint density at radius 3 is 2.81 bits per heavy atom. The molecule has 3 nitrogen and oxygen atoms in total. The van der Waals surface area contributed by atoms with E-state index in [1.165, 1.54) is 5.56 Å². The Bertz CT molecular complexity index is 461. The van der Waals surface area contributed by atoms with E-state index in [4.69, 9.17) is 4.74 Å². The van der Waals surface area contributed by atoms with Crippen molar-refractivity contribution in [1.29, 1.82) is 0 Å². The maximum atomic E-state index is 12.5. The predicted molar refractivity (Wildman–Crippen MR) is 85.0 cm³/mol. The summed E-state index contributed by atoms with van der Waals surface area (Å²) in [6.07, 6.45) is 4.54. The van der Waals surface area contributed by atoms with Gasteiger partial charge < -0.3 is 9.64 Å². The summed E-state index contributed by atoms with van der Waals surface area (Å²) >= 11 is 0. The number of hydrogen-bond donors (Lipinski definition) is 0. The summed E-state index contributed by atoms with van der Waals surface area (Å²) in [6.45, 7) is 8.64. The van der Waals surface area contributed by atoms with Crippen molar-refractivity contribution in [1.82, 2.24) is 4.90 Å². The number of hydrogen-bond acceptors (Lipinski definition) is 2. The third-order valence-corrected chi connectivity index (χ3v) is 3.91. The molecule has 0 aromatic heterocycles. The maximum Gasteiger partial charge on any atom is 0.223 e. The molecule has 2 rings (SSSR count). The first-order valence-corrected chi connectivity index (χ1v) is 7.71. The minimum Gasteiger partial charge on any atom is -0.381 e. The van der Waals surface area contributed by atoms with Gasteiger partial charge in [0.05, 0.1) is 0 Å². The Labute approximate surface area is 127 Å². The molecule has 1 amide bonds. The van der Waals surface area contributed by atoms with Gasteiger partial charge in [-0.25, -0.2) is 0 Å². The lowest BCUT2D eigenvalue weighted by molar-refractivity contribution is -0.133. The van der Waals surface area contributed by atoms with E-state index in [0.29, 0.717) is 25.4 Å². The molecule has 1 fully saturated rings. The van der Waals surface area contributed by atoms with E-state index in [0.717, 1.165) is 31.6 Å². The molecule has 1 aliphatic rings. The van der Waals surface area contributed by atoms with E-state index >= 15 is 0 Å². The van der Waals surface area contributed by atoms with E-state index < -0.39 is 0 Å². The molecular formula is C18H25NO2. The van der Waals surface area contributed by atoms with E-state index in [2.05, 4.69) is 37.8 Å². The monoisotopic (exact) mass is 287 g/mol. The minimum absolute atomic E-state index is 0.200. The van der Waals surface area contributed by atoms with E-state index in [1.807, 2.05) is 4.90 Å². The van der Waals surface area contributed by atoms with Gasteiger partial charge in [0.15, 0.2) is 0 Å². The van der Waals surface area contributed by atoms with Crippen LogP contribution >= 0.6 is 0 Å². The van der Waals surface area contributed by atoms with Gasteiger partial charge in [-0.1, -0.05) is 35.9 Å². The number of amides is 1. The molecule has 1 aromatic carbocycles. The Balaban J connectivity index is 1.94. The van der Waals surface area contributed by atoms with E-state index in [1.54, 1.807) is 6.08 Å². The predicted octanol–water partition coefficient (Wildman–Crippen LogP) is 3.33. The normalized spacial score (nSPS) is 18.2. The second-order valence-electron chi connectivity index (χ2n) is 5.84. The van der Waals surface area contributed by atoms with Gasteiger partial charge in [0, 0.05) is 32.7 Å². The number of nitrogens with zero attached hydrogens (tertiary/aromatic N) is 1. The first-order valence-electron chi connectivity index (χ1n) is 7.71. The molecule has 0 spiro atoms. The molecular weight excluding hydrogens is 262 g/mol. The molecule has 0 bridgehead atoms. The van der Waals surface area contributed by atoms with Crippen LogP contribution in [0, 0.1) is 12.8 Å². The van der Waals surface area contributed by atoms with Gasteiger partial charge in [-0.3, -0.25) is 4.79 Å². The van der Waals surface area contributed by atoms with Gasteiger partial charge >= 0.3 is 0 Å². The standard InChI is InChI=1S/C18H25NO2/c1-3-10-19(13-16-8-6-15(2)7-9-16)18(20)12-17-5-4-11-21-14-17/h3,6-9,17H,1,4-5,10-14H2,2H3. The maximum absolute atomic E-state index is 12.5. The molecule has 0 saturated carbocycles. The van der Waals surface area contributed by atoms with Crippen LogP contribution in [-0.4, -0.2) is 30.6 Å². The van der Waals surface area contributed by atoms with Gasteiger partial charge in [0.1, 0.15) is 0 Å². The molecule has 1 heterocycles. The van der Waals surface area contributed by atoms with Crippen molar-refractivity contribution in [3.8, 4) is 0 Å². The Morgan fingerprint density at radius 2 is 2.19 bits per heavy atom. The van der Waals surface area contributed by atoms with Crippen molar-refractivity contribution in [2.45, 2.75) is 32.7 Å². The summed E-state index contributed by atoms with van der Waals surface area (Å²) < 4.78 is 5.46. The average Bonchev–Trinajstić information content (AvgIpc) is 2.50. The highest BCUT2D eigenvalue weighted by Crippen LogP contribution is 2.19. The van der Waals surface area contributed by atoms with Crippen LogP contribution in [0.15, 0.2) is 36.9 Å². The summed E-state index contributed by atoms with van der Waals surface area (Å²) in [6, 6.07) is 8.34. The van der Waals surface area contributed by atoms with Gasteiger partial charge in [-0.2, -0.15) is 0 Å². The largest absolute Gasteiger partial charge is 0.381 e. The lowest BCUT2D eigenvalue weighted by Crippen LogP contribution is -2.33. The fraction of sp³-hybridized carbons (Fsp3) is 0.500. The zero-order valence-corrected chi connectivity index (χ0v) is 12.9. The summed E-state index contributed by atoms with van der Waals surface area (Å²) in [7, 11) is 0. The van der Waals surface area contributed by atoms with Crippen LogP contribution in [0.5, 0.6) is 0 Å². The van der Waals surface area contributed by atoms with Crippen LogP contribution in [0.3, 0.4) is 0 Å². The Kier molecular flexibility index (Phi) is 6.00. The molecule has 0 aliphatic carbocycles. The number of rotatable bonds is 6. The SMILES string of the molecule is C=CCN(Cc1ccc(C)cc1)C(=O)CC1CCCOC1. The molecule has 1 unspecified atom stereocenters. The molecule has 1 aromatic rings. The second-order valence-corrected chi connectivity index (χ2v) is 5.84. The molecule has 21 heavy (non-hydrogen) atoms. The highest BCUT2D eigenvalue weighted by Gasteiger charge is 2.21. The zero-order chi connectivity index (χ0) is 15.1. The van der Waals surface area contributed by atoms with Gasteiger partial charge in [0.25, 0.3) is 0 Å². The number of ether oxygens (including phenoxy) is 1. The smallest absolute Gasteiger partial charge is 0.223 e. The average molecular weight is 287 g/mol. The Hall–Kier alpha value is -1.61. The summed E-state index contributed by atoms with van der Waals surface area (Å²) in [4.78, 5) is 14.4. The van der Waals surface area contributed by atoms with Crippen LogP contribution in [0.2, 0.25) is 0 Å². The van der Waals surface area contributed by atoms with Crippen molar-refractivity contribution in [3.05, 3.63) is 48.0 Å². The van der Waals surface area contributed by atoms with Gasteiger partial charge in [-0.15, -0.1) is 6.58 Å². The molecule has 3 heteroatoms. The van der Waals surface area contributed by atoms with Crippen molar-refractivity contribution >= 4 is 5.91 Å². The molecule has 0 N–H and O–H groups in total. The number of carbonyl (C=O) groups is 1. The third kappa shape index (κ3) is 5.01. The van der Waals surface area contributed by atoms with Crippen LogP contribution in [0.4, 0.5) is 0 Å². The van der Waals surface area contributed by atoms with Crippen molar-refractivity contribution in [2.75, 3.05) is 19.8 Å². The molecule has 1 saturated heterocycles. The fourth-order valence-electron chi connectivity index (χ4n) is 2.67. The lowest BCUT2D eigenvalue weighted by Gasteiger charge is -2.26. The quantitative estimate of drug-likeness (QED) is 0.751. The summed E-state index contributed by atoms with van der Waals surface area (Å²) in [5.74, 6) is 0.572. The number of aryl methyl sites for hydroxylation is 1. The first-order chi connectivity index (χ1) is 10.2. The van der Waals surface area contributed by atoms with Crippen LogP contribution in [0.25, 0.3) is 0 Å². The Morgan fingerprint density at radius 1 is 1.43 bits per heavy atom. The fourth-order valence-corrected chi connectivity index (χ4v) is 2.67. The lowest BCUT2D eigenvalue weighted by atomic mass is 9.98. The molecule has 1 atom stereocenters. The molecule has 0 radical (unpaired) electrons. The van der Waals surface area contributed by atoms with E-state index in [-0.39, 0.29) is 5.91 Å². The number of carbonyl (C=O) groups excluding carboxylic acids is 1. The van der Waals surface area contributed by atoms with Crippen molar-refractivity contribution in [2.24, 2.45) is 5.92 Å². The third-order valence-electron chi connectivity index (χ3n) is 3.91. The summed E-state index contributed by atoms with van der Waals surface area (Å²) in [5, 5.41) is 0. The minimum atomic E-state index is 0.200. The highest BCUT2D eigenvalue weighted by molar-refractivity contribution is 5.76. The summed E-state index contributed by atoms with van der Waals surface area (Å²) in [5.41, 5.74) is 2.40. The van der Waals surface area contributed by atoms with Crippen molar-refractivity contribution in [3.63, 3.8) is 0 Å². The van der Waals surface area contributed by atoms with Crippen LogP contribution in [-0.2, 0) is 16.1 Å². The van der Waals surface area contributed by atoms with Crippen LogP contribution in [0.1, 0.15) is 30.4 Å². The van der Waals surface area contributed by atoms with Crippen LogP contribution < -0.4 is 0 Å². The van der Waals surface area contributed by atoms with E-state index in [9.17, 15) is 4.79 Å². The highest BCUT2D eigenvalue weighted by atomic mass is 16.5. The topological polar surface area (TPSA) is 29.5 Å². The molecule has 114 valence electrons. The second kappa shape index (κ2) is 7.99. The first kappa shape index (κ1) is 15.8. The molecule has 1 aliphatic heterocycles. The van der Waals surface area contributed by atoms with Gasteiger partial charge in [0.2, 0.25) is 5.91 Å². The number of benzene rings is 1. The zero-order valence-electron chi connectivity index (χ0n) is 12.9. The van der Waals surface area contributed by atoms with Gasteiger partial charge in [-0.05, 0) is 31.2 Å².